The van der Waals surface area contributed by atoms with Crippen LogP contribution in [0, 0.1) is 30.6 Å². The highest BCUT2D eigenvalue weighted by molar-refractivity contribution is 6.21. The largest absolute Gasteiger partial charge is 0.507 e. The Balaban J connectivity index is 1.94. The maximum atomic E-state index is 14.4. The smallest absolute Gasteiger partial charge is 0.312 e. The molecule has 3 aliphatic heterocycles. The number of phenolic OH excluding ortho intramolecular Hbond substituents is 2. The number of anilines is 1. The number of rotatable bonds is 7. The molecule has 2 amide bonds. The molecule has 15 nitrogen and oxygen atoms in total. The first-order valence-corrected chi connectivity index (χ1v) is 19.5. The summed E-state index contributed by atoms with van der Waals surface area (Å²) in [5.41, 5.74) is -0.00860. The zero-order valence-corrected chi connectivity index (χ0v) is 35.1. The number of aliphatic hydroxyl groups is 2. The molecular weight excluding hydrogens is 752 g/mol. The Hall–Kier alpha value is -5.12. The monoisotopic (exact) mass is 810 g/mol. The number of esters is 1. The van der Waals surface area contributed by atoms with Gasteiger partial charge in [0.15, 0.2) is 12.4 Å². The zero-order valence-electron chi connectivity index (χ0n) is 35.1. The lowest BCUT2D eigenvalue weighted by atomic mass is 9.78. The molecule has 9 atom stereocenters. The number of fused-ring (bicyclic) bond motifs is 14. The van der Waals surface area contributed by atoms with E-state index in [4.69, 9.17) is 23.7 Å². The number of methoxy groups -OCH3 is 1. The summed E-state index contributed by atoms with van der Waals surface area (Å²) in [6.45, 7) is 16.5. The fraction of sp³-hybridized carbons (Fsp3) is 0.535. The normalized spacial score (nSPS) is 28.1. The lowest BCUT2D eigenvalue weighted by molar-refractivity contribution is -0.160. The highest BCUT2D eigenvalue weighted by Gasteiger charge is 2.49. The summed E-state index contributed by atoms with van der Waals surface area (Å²) in [7, 11) is 1.44. The Bertz CT molecular complexity index is 1990. The van der Waals surface area contributed by atoms with Crippen LogP contribution in [0.1, 0.15) is 78.2 Å². The van der Waals surface area contributed by atoms with Crippen LogP contribution < -0.4 is 14.8 Å². The number of hydrogen-bond donors (Lipinski definition) is 5. The number of aliphatic hydroxyl groups excluding tert-OH is 2. The Kier molecular flexibility index (Phi) is 14.6. The van der Waals surface area contributed by atoms with Crippen molar-refractivity contribution in [3.63, 3.8) is 0 Å². The minimum Gasteiger partial charge on any atom is -0.507 e. The van der Waals surface area contributed by atoms with Gasteiger partial charge in [-0.05, 0) is 33.8 Å². The molecule has 2 aromatic carbocycles. The van der Waals surface area contributed by atoms with E-state index in [2.05, 4.69) is 5.32 Å². The summed E-state index contributed by atoms with van der Waals surface area (Å²) in [6, 6.07) is 1.27. The van der Waals surface area contributed by atoms with Gasteiger partial charge in [0, 0.05) is 80.3 Å². The van der Waals surface area contributed by atoms with E-state index in [-0.39, 0.29) is 50.6 Å². The Morgan fingerprint density at radius 2 is 1.60 bits per heavy atom. The predicted octanol–water partition coefficient (Wildman–Crippen LogP) is 5.30. The molecule has 3 heterocycles. The molecule has 0 radical (unpaired) electrons. The van der Waals surface area contributed by atoms with E-state index in [9.17, 15) is 39.6 Å². The van der Waals surface area contributed by atoms with Crippen LogP contribution in [-0.4, -0.2) is 106 Å². The molecule has 0 saturated carbocycles. The summed E-state index contributed by atoms with van der Waals surface area (Å²) < 4.78 is 29.7. The van der Waals surface area contributed by atoms with E-state index in [1.807, 2.05) is 13.8 Å². The first-order valence-electron chi connectivity index (χ1n) is 19.5. The second-order valence-electron chi connectivity index (χ2n) is 15.3. The van der Waals surface area contributed by atoms with Gasteiger partial charge in [0.25, 0.3) is 17.6 Å². The molecule has 58 heavy (non-hydrogen) atoms. The SMILES string of the molecule is CCN(CC)C(=O)COc1cc2c(O)c3c(O)c(C)c4c(c13)C(=O)[C@@](C)(OC=C[C@H](OC)[C@H](C)[C@H](OC(C)=O)[C@H](C)[C@H](O)[C@H](C)[C@H](O)[C@@H](C)C=CC=C(C)C(=O)N2)O4. The van der Waals surface area contributed by atoms with E-state index in [0.717, 1.165) is 0 Å². The van der Waals surface area contributed by atoms with Crippen LogP contribution in [0.3, 0.4) is 0 Å². The highest BCUT2D eigenvalue weighted by Crippen LogP contribution is 2.54. The molecule has 3 aliphatic rings. The quantitative estimate of drug-likeness (QED) is 0.178. The second kappa shape index (κ2) is 18.6. The maximum Gasteiger partial charge on any atom is 0.312 e. The van der Waals surface area contributed by atoms with Crippen LogP contribution in [-0.2, 0) is 28.6 Å². The number of carbonyl (C=O) groups is 4. The second-order valence-corrected chi connectivity index (χ2v) is 15.3. The molecule has 5 bridgehead atoms. The van der Waals surface area contributed by atoms with E-state index in [1.165, 1.54) is 59.3 Å². The summed E-state index contributed by atoms with van der Waals surface area (Å²) >= 11 is 0. The lowest BCUT2D eigenvalue weighted by Gasteiger charge is -2.38. The van der Waals surface area contributed by atoms with Crippen molar-refractivity contribution in [3.05, 3.63) is 53.3 Å². The summed E-state index contributed by atoms with van der Waals surface area (Å²) in [6.07, 6.45) is 3.60. The van der Waals surface area contributed by atoms with Crippen LogP contribution in [0.25, 0.3) is 10.8 Å². The predicted molar refractivity (Wildman–Crippen MR) is 216 cm³/mol. The number of ether oxygens (including phenoxy) is 5. The minimum absolute atomic E-state index is 0.0574. The molecule has 0 unspecified atom stereocenters. The molecule has 318 valence electrons. The topological polar surface area (TPSA) is 211 Å². The highest BCUT2D eigenvalue weighted by atomic mass is 16.7. The number of ketones is 1. The first kappa shape index (κ1) is 45.6. The van der Waals surface area contributed by atoms with Gasteiger partial charge in [0.1, 0.15) is 23.4 Å². The number of allylic oxidation sites excluding steroid dienone is 2. The Morgan fingerprint density at radius 3 is 2.21 bits per heavy atom. The van der Waals surface area contributed by atoms with Crippen molar-refractivity contribution in [1.82, 2.24) is 4.90 Å². The molecule has 0 aliphatic carbocycles. The molecule has 0 aromatic heterocycles. The average molecular weight is 811 g/mol. The average Bonchev–Trinajstić information content (AvgIpc) is 3.45. The van der Waals surface area contributed by atoms with Crippen molar-refractivity contribution in [3.8, 4) is 23.0 Å². The van der Waals surface area contributed by atoms with Crippen molar-refractivity contribution in [2.75, 3.05) is 32.1 Å². The third kappa shape index (κ3) is 9.11. The van der Waals surface area contributed by atoms with Gasteiger partial charge in [-0.1, -0.05) is 45.9 Å². The lowest BCUT2D eigenvalue weighted by Crippen LogP contribution is -2.46. The molecule has 2 aromatic rings. The van der Waals surface area contributed by atoms with Crippen molar-refractivity contribution in [2.45, 2.75) is 99.4 Å². The van der Waals surface area contributed by atoms with Gasteiger partial charge in [-0.3, -0.25) is 19.2 Å². The third-order valence-corrected chi connectivity index (χ3v) is 11.3. The number of nitrogens with zero attached hydrogens (tertiary/aromatic N) is 1. The number of phenols is 2. The minimum atomic E-state index is -2.02. The standard InChI is InChI=1S/C43H58N2O13/c1-12-45(13-2)31(47)20-55-30-19-28-38(51)33-32(30)34-40(26(8)37(33)50)58-43(10,41(34)52)56-18-17-29(54-11)23(5)39(57-27(9)46)25(7)36(49)24(6)35(48)21(3)15-14-16-22(4)42(53)44-28/h14-19,21,23-25,29,35-36,39,48-51H,12-13,20H2,1-11H3,(H,44,53)/t21-,23-,24+,25+,29-,35+,36+,39-,43-/m0/s1. The molecular formula is C43H58N2O13. The van der Waals surface area contributed by atoms with Crippen molar-refractivity contribution >= 4 is 40.0 Å². The van der Waals surface area contributed by atoms with Gasteiger partial charge in [0.2, 0.25) is 0 Å². The van der Waals surface area contributed by atoms with E-state index >= 15 is 0 Å². The number of likely N-dealkylation sites (N-methyl/N-ethyl adjacent to an activating group) is 1. The summed E-state index contributed by atoms with van der Waals surface area (Å²) in [5, 5.41) is 48.4. The number of Topliss-reactive ketones (excluding diaryl/α,β-unsaturated/α-hetero) is 1. The van der Waals surface area contributed by atoms with Gasteiger partial charge in [-0.15, -0.1) is 0 Å². The van der Waals surface area contributed by atoms with Crippen LogP contribution in [0.4, 0.5) is 5.69 Å². The number of benzene rings is 2. The van der Waals surface area contributed by atoms with Crippen LogP contribution >= 0.6 is 0 Å². The van der Waals surface area contributed by atoms with E-state index < -0.39 is 89.6 Å². The van der Waals surface area contributed by atoms with Crippen LogP contribution in [0.5, 0.6) is 23.0 Å². The number of aromatic hydroxyl groups is 2. The molecule has 0 saturated heterocycles. The van der Waals surface area contributed by atoms with Crippen molar-refractivity contribution < 1.29 is 63.3 Å². The molecule has 5 rings (SSSR count). The first-order chi connectivity index (χ1) is 27.2. The van der Waals surface area contributed by atoms with Gasteiger partial charge in [0.05, 0.1) is 41.2 Å². The summed E-state index contributed by atoms with van der Waals surface area (Å²) in [4.78, 5) is 54.9. The van der Waals surface area contributed by atoms with Crippen molar-refractivity contribution in [2.24, 2.45) is 23.7 Å². The third-order valence-electron chi connectivity index (χ3n) is 11.3. The van der Waals surface area contributed by atoms with Gasteiger partial charge in [-0.25, -0.2) is 0 Å². The zero-order chi connectivity index (χ0) is 43.4. The molecule has 15 heteroatoms. The summed E-state index contributed by atoms with van der Waals surface area (Å²) in [5.74, 6) is -8.01. The van der Waals surface area contributed by atoms with Crippen LogP contribution in [0.2, 0.25) is 0 Å². The van der Waals surface area contributed by atoms with Crippen LogP contribution in [0.15, 0.2) is 42.2 Å². The Morgan fingerprint density at radius 1 is 0.948 bits per heavy atom. The number of hydrogen-bond acceptors (Lipinski definition) is 13. The van der Waals surface area contributed by atoms with Gasteiger partial charge >= 0.3 is 11.8 Å². The van der Waals surface area contributed by atoms with Crippen molar-refractivity contribution in [1.29, 1.82) is 0 Å². The molecule has 0 spiro atoms. The number of nitrogens with one attached hydrogen (secondary N) is 1. The fourth-order valence-corrected chi connectivity index (χ4v) is 7.56. The van der Waals surface area contributed by atoms with Gasteiger partial charge < -0.3 is 54.3 Å². The number of carbonyl (C=O) groups excluding carboxylic acids is 4. The molecule has 0 fully saturated rings. The fourth-order valence-electron chi connectivity index (χ4n) is 7.56. The Labute approximate surface area is 339 Å². The van der Waals surface area contributed by atoms with E-state index in [1.54, 1.807) is 44.7 Å². The van der Waals surface area contributed by atoms with E-state index in [0.29, 0.717) is 13.1 Å². The maximum absolute atomic E-state index is 14.4. The van der Waals surface area contributed by atoms with Gasteiger partial charge in [-0.2, -0.15) is 0 Å². The molecule has 5 N–H and O–H groups in total. The number of amides is 2.